The lowest BCUT2D eigenvalue weighted by atomic mass is 10.0. The third-order valence-corrected chi connectivity index (χ3v) is 5.03. The minimum absolute atomic E-state index is 0.188. The number of nitrogens with one attached hydrogen (secondary N) is 1. The van der Waals surface area contributed by atoms with Gasteiger partial charge in [0.25, 0.3) is 0 Å². The molecule has 0 aliphatic carbocycles. The first-order chi connectivity index (χ1) is 13.4. The molecule has 2 amide bonds. The zero-order valence-corrected chi connectivity index (χ0v) is 16.3. The molecule has 1 fully saturated rings. The lowest BCUT2D eigenvalue weighted by Crippen LogP contribution is -2.50. The number of morpholine rings is 1. The van der Waals surface area contributed by atoms with Crippen LogP contribution in [-0.2, 0) is 16.1 Å². The van der Waals surface area contributed by atoms with E-state index in [4.69, 9.17) is 10.5 Å². The normalized spacial score (nSPS) is 16.4. The largest absolute Gasteiger partial charge is 0.379 e. The van der Waals surface area contributed by atoms with Crippen LogP contribution in [0.2, 0.25) is 0 Å². The summed E-state index contributed by atoms with van der Waals surface area (Å²) in [6, 6.07) is 5.63. The number of hydrogen-bond donors (Lipinski definition) is 2. The Morgan fingerprint density at radius 1 is 1.14 bits per heavy atom. The van der Waals surface area contributed by atoms with Crippen molar-refractivity contribution >= 4 is 23.0 Å². The van der Waals surface area contributed by atoms with Crippen molar-refractivity contribution in [2.75, 3.05) is 32.8 Å². The molecule has 28 heavy (non-hydrogen) atoms. The Bertz CT molecular complexity index is 911. The van der Waals surface area contributed by atoms with E-state index in [0.717, 1.165) is 17.7 Å². The number of benzene rings is 1. The number of carbonyl (C=O) groups is 2. The summed E-state index contributed by atoms with van der Waals surface area (Å²) < 4.78 is 8.02. The fourth-order valence-corrected chi connectivity index (χ4v) is 3.45. The molecule has 3 N–H and O–H groups in total. The smallest absolute Gasteiger partial charge is 0.337 e. The SMILES string of the molecule is CC(C)[C@H](NC(=O)n1c(=O)n(CCN2CCOCC2)c2ccccc21)C(N)=O. The standard InChI is InChI=1S/C19H27N5O4/c1-13(2)16(17(20)25)21-18(26)24-15-6-4-3-5-14(15)23(19(24)27)8-7-22-9-11-28-12-10-22/h3-6,13,16H,7-12H2,1-2H3,(H2,20,25)(H,21,26)/t16-/m0/s1. The Kier molecular flexibility index (Phi) is 6.15. The van der Waals surface area contributed by atoms with Crippen molar-refractivity contribution in [3.8, 4) is 0 Å². The first-order valence-electron chi connectivity index (χ1n) is 9.50. The van der Waals surface area contributed by atoms with Gasteiger partial charge in [0.1, 0.15) is 6.04 Å². The summed E-state index contributed by atoms with van der Waals surface area (Å²) in [7, 11) is 0. The first kappa shape index (κ1) is 20.1. The molecule has 3 rings (SSSR count). The van der Waals surface area contributed by atoms with Gasteiger partial charge in [-0.05, 0) is 18.1 Å². The zero-order valence-electron chi connectivity index (χ0n) is 16.3. The number of rotatable bonds is 6. The maximum Gasteiger partial charge on any atom is 0.337 e. The molecule has 1 atom stereocenters. The average Bonchev–Trinajstić information content (AvgIpc) is 2.96. The molecule has 1 aromatic heterocycles. The minimum Gasteiger partial charge on any atom is -0.379 e. The number of fused-ring (bicyclic) bond motifs is 1. The minimum atomic E-state index is -0.852. The van der Waals surface area contributed by atoms with Crippen molar-refractivity contribution in [3.63, 3.8) is 0 Å². The van der Waals surface area contributed by atoms with Gasteiger partial charge in [-0.15, -0.1) is 0 Å². The number of nitrogens with two attached hydrogens (primary N) is 1. The summed E-state index contributed by atoms with van der Waals surface area (Å²) in [5, 5.41) is 2.59. The summed E-state index contributed by atoms with van der Waals surface area (Å²) >= 11 is 0. The van der Waals surface area contributed by atoms with Crippen molar-refractivity contribution in [1.82, 2.24) is 19.4 Å². The van der Waals surface area contributed by atoms with Crippen LogP contribution in [-0.4, -0.2) is 64.9 Å². The fraction of sp³-hybridized carbons (Fsp3) is 0.526. The molecular formula is C19H27N5O4. The second-order valence-corrected chi connectivity index (χ2v) is 7.29. The van der Waals surface area contributed by atoms with Gasteiger partial charge >= 0.3 is 11.7 Å². The molecule has 9 heteroatoms. The van der Waals surface area contributed by atoms with E-state index in [0.29, 0.717) is 37.3 Å². The summed E-state index contributed by atoms with van der Waals surface area (Å²) in [5.41, 5.74) is 6.13. The number of carbonyl (C=O) groups excluding carboxylic acids is 2. The van der Waals surface area contributed by atoms with Crippen LogP contribution in [0.5, 0.6) is 0 Å². The van der Waals surface area contributed by atoms with Crippen LogP contribution < -0.4 is 16.7 Å². The van der Waals surface area contributed by atoms with Gasteiger partial charge in [0.2, 0.25) is 5.91 Å². The van der Waals surface area contributed by atoms with Gasteiger partial charge in [-0.25, -0.2) is 14.2 Å². The summed E-state index contributed by atoms with van der Waals surface area (Å²) in [5.74, 6) is -0.820. The molecule has 9 nitrogen and oxygen atoms in total. The van der Waals surface area contributed by atoms with Crippen molar-refractivity contribution in [2.24, 2.45) is 11.7 Å². The number of nitrogens with zero attached hydrogens (tertiary/aromatic N) is 3. The lowest BCUT2D eigenvalue weighted by Gasteiger charge is -2.26. The van der Waals surface area contributed by atoms with Gasteiger partial charge in [0.05, 0.1) is 24.2 Å². The van der Waals surface area contributed by atoms with Gasteiger partial charge < -0.3 is 15.8 Å². The van der Waals surface area contributed by atoms with Crippen LogP contribution in [0.3, 0.4) is 0 Å². The van der Waals surface area contributed by atoms with Gasteiger partial charge in [0.15, 0.2) is 0 Å². The molecule has 0 bridgehead atoms. The molecule has 0 unspecified atom stereocenters. The van der Waals surface area contributed by atoms with Gasteiger partial charge in [-0.2, -0.15) is 0 Å². The maximum absolute atomic E-state index is 13.0. The Hall–Kier alpha value is -2.65. The second kappa shape index (κ2) is 8.57. The molecule has 2 aromatic rings. The summed E-state index contributed by atoms with van der Waals surface area (Å²) in [4.78, 5) is 39.7. The van der Waals surface area contributed by atoms with Gasteiger partial charge in [-0.1, -0.05) is 26.0 Å². The summed E-state index contributed by atoms with van der Waals surface area (Å²) in [6.07, 6.45) is 0. The molecule has 1 aliphatic heterocycles. The third kappa shape index (κ3) is 4.10. The Balaban J connectivity index is 1.90. The highest BCUT2D eigenvalue weighted by atomic mass is 16.5. The number of hydrogen-bond acceptors (Lipinski definition) is 5. The van der Waals surface area contributed by atoms with E-state index in [1.54, 1.807) is 30.5 Å². The molecule has 0 spiro atoms. The summed E-state index contributed by atoms with van der Waals surface area (Å²) in [6.45, 7) is 7.72. The van der Waals surface area contributed by atoms with Crippen LogP contribution in [0.4, 0.5) is 4.79 Å². The molecule has 2 heterocycles. The van der Waals surface area contributed by atoms with E-state index >= 15 is 0 Å². The predicted molar refractivity (Wildman–Crippen MR) is 105 cm³/mol. The lowest BCUT2D eigenvalue weighted by molar-refractivity contribution is -0.120. The van der Waals surface area contributed by atoms with E-state index in [2.05, 4.69) is 10.2 Å². The number of para-hydroxylation sites is 2. The van der Waals surface area contributed by atoms with E-state index in [-0.39, 0.29) is 5.92 Å². The molecular weight excluding hydrogens is 362 g/mol. The second-order valence-electron chi connectivity index (χ2n) is 7.29. The highest BCUT2D eigenvalue weighted by Gasteiger charge is 2.25. The van der Waals surface area contributed by atoms with Crippen LogP contribution in [0, 0.1) is 5.92 Å². The maximum atomic E-state index is 13.0. The Labute approximate surface area is 163 Å². The number of primary amides is 1. The zero-order chi connectivity index (χ0) is 20.3. The van der Waals surface area contributed by atoms with E-state index in [1.165, 1.54) is 0 Å². The van der Waals surface area contributed by atoms with Gasteiger partial charge in [0, 0.05) is 26.2 Å². The van der Waals surface area contributed by atoms with Gasteiger partial charge in [-0.3, -0.25) is 14.3 Å². The van der Waals surface area contributed by atoms with E-state index in [9.17, 15) is 14.4 Å². The number of ether oxygens (including phenoxy) is 1. The molecule has 1 aromatic carbocycles. The monoisotopic (exact) mass is 389 g/mol. The van der Waals surface area contributed by atoms with Crippen molar-refractivity contribution < 1.29 is 14.3 Å². The molecule has 1 aliphatic rings. The highest BCUT2D eigenvalue weighted by Crippen LogP contribution is 2.13. The molecule has 1 saturated heterocycles. The molecule has 152 valence electrons. The highest BCUT2D eigenvalue weighted by molar-refractivity contribution is 5.92. The first-order valence-corrected chi connectivity index (χ1v) is 9.50. The van der Waals surface area contributed by atoms with Crippen molar-refractivity contribution in [3.05, 3.63) is 34.7 Å². The Morgan fingerprint density at radius 2 is 1.79 bits per heavy atom. The number of aromatic nitrogens is 2. The third-order valence-electron chi connectivity index (χ3n) is 5.03. The quantitative estimate of drug-likeness (QED) is 0.733. The van der Waals surface area contributed by atoms with Crippen molar-refractivity contribution in [1.29, 1.82) is 0 Å². The van der Waals surface area contributed by atoms with Crippen LogP contribution in [0.1, 0.15) is 13.8 Å². The predicted octanol–water partition coefficient (Wildman–Crippen LogP) is 0.203. The van der Waals surface area contributed by atoms with Crippen LogP contribution in [0.15, 0.2) is 29.1 Å². The number of amides is 2. The molecule has 0 saturated carbocycles. The topological polar surface area (TPSA) is 112 Å². The van der Waals surface area contributed by atoms with Crippen molar-refractivity contribution in [2.45, 2.75) is 26.4 Å². The fourth-order valence-electron chi connectivity index (χ4n) is 3.45. The van der Waals surface area contributed by atoms with Crippen LogP contribution >= 0.6 is 0 Å². The molecule has 0 radical (unpaired) electrons. The average molecular weight is 389 g/mol. The van der Waals surface area contributed by atoms with E-state index < -0.39 is 23.7 Å². The number of imidazole rings is 1. The van der Waals surface area contributed by atoms with Crippen LogP contribution in [0.25, 0.3) is 11.0 Å². The van der Waals surface area contributed by atoms with E-state index in [1.807, 2.05) is 12.1 Å². The Morgan fingerprint density at radius 3 is 2.39 bits per heavy atom.